The molecule has 0 heterocycles. The predicted molar refractivity (Wildman–Crippen MR) is 80.0 cm³/mol. The summed E-state index contributed by atoms with van der Waals surface area (Å²) in [6.45, 7) is 22.5. The quantitative estimate of drug-likeness (QED) is 0.446. The molecule has 0 saturated heterocycles. The van der Waals surface area contributed by atoms with Crippen molar-refractivity contribution in [2.45, 2.75) is 0 Å². The summed E-state index contributed by atoms with van der Waals surface area (Å²) < 4.78 is 40.8. The van der Waals surface area contributed by atoms with Crippen LogP contribution in [0.2, 0.25) is 0 Å². The minimum atomic E-state index is 1.20. The molecule has 2 aromatic rings. The molecule has 5 nitrogen and oxygen atoms in total. The van der Waals surface area contributed by atoms with Gasteiger partial charge in [-0.15, -0.1) is 0 Å². The monoisotopic (exact) mass is 502 g/mol. The molecule has 0 amide bonds. The van der Waals surface area contributed by atoms with E-state index in [9.17, 15) is 0 Å². The van der Waals surface area contributed by atoms with Crippen LogP contribution in [0.5, 0.6) is 0 Å². The summed E-state index contributed by atoms with van der Waals surface area (Å²) in [7, 11) is 0. The Balaban J connectivity index is -0.000000191. The number of hydrogen-bond acceptors (Lipinski definition) is 0. The van der Waals surface area contributed by atoms with E-state index in [4.69, 9.17) is 23.3 Å². The molecule has 0 aromatic heterocycles. The second kappa shape index (κ2) is 29.5. The Kier molecular flexibility index (Phi) is 35.8. The van der Waals surface area contributed by atoms with Crippen LogP contribution in [-0.4, -0.2) is 4.06 Å². The van der Waals surface area contributed by atoms with Crippen molar-refractivity contribution in [2.24, 2.45) is 0 Å². The Morgan fingerprint density at radius 3 is 1.00 bits per heavy atom. The van der Waals surface area contributed by atoms with Gasteiger partial charge in [-0.05, 0) is 0 Å². The van der Waals surface area contributed by atoms with E-state index in [1.54, 1.807) is 0 Å². The molecule has 0 radical (unpaired) electrons. The van der Waals surface area contributed by atoms with Gasteiger partial charge in [0.25, 0.3) is 0 Å². The van der Waals surface area contributed by atoms with Gasteiger partial charge in [0.15, 0.2) is 0 Å². The molecule has 0 spiro atoms. The average Bonchev–Trinajstić information content (AvgIpc) is 2.77. The van der Waals surface area contributed by atoms with Gasteiger partial charge in [-0.1, -0.05) is 0 Å². The molecule has 6 heteroatoms. The van der Waals surface area contributed by atoms with Crippen molar-refractivity contribution in [1.29, 1.82) is 0 Å². The van der Waals surface area contributed by atoms with Crippen molar-refractivity contribution in [3.05, 3.63) is 105 Å². The summed E-state index contributed by atoms with van der Waals surface area (Å²) in [5, 5.41) is 0. The first-order valence-corrected chi connectivity index (χ1v) is 7.26. The van der Waals surface area contributed by atoms with Gasteiger partial charge < -0.3 is 0 Å². The predicted octanol–water partition coefficient (Wildman–Crippen LogP) is 2.88. The molecule has 0 fully saturated rings. The van der Waals surface area contributed by atoms with Crippen LogP contribution in [0.1, 0.15) is 11.1 Å². The average molecular weight is 502 g/mol. The van der Waals surface area contributed by atoms with E-state index in [0.717, 1.165) is 0 Å². The third kappa shape index (κ3) is 14.8. The minimum absolute atomic E-state index is 1.20. The van der Waals surface area contributed by atoms with Crippen LogP contribution in [0.15, 0.2) is 60.7 Å². The Labute approximate surface area is 157 Å². The molecular weight excluding hydrogens is 492 g/mol. The molecule has 2 aromatic carbocycles. The maximum atomic E-state index is 7.50. The first kappa shape index (κ1) is 30.4. The van der Waals surface area contributed by atoms with Crippen molar-refractivity contribution >= 4 is 9.63 Å². The van der Waals surface area contributed by atoms with Crippen molar-refractivity contribution in [2.75, 3.05) is 0 Å². The van der Waals surface area contributed by atoms with Gasteiger partial charge in [-0.2, -0.15) is 0 Å². The van der Waals surface area contributed by atoms with E-state index < -0.39 is 0 Å². The third-order valence-corrected chi connectivity index (χ3v) is 2.96. The van der Waals surface area contributed by atoms with Gasteiger partial charge >= 0.3 is 157 Å². The molecule has 0 N–H and O–H groups in total. The van der Waals surface area contributed by atoms with Crippen LogP contribution in [0.3, 0.4) is 0 Å². The zero-order valence-electron chi connectivity index (χ0n) is 12.7. The molecular formula is C19H10O5W. The van der Waals surface area contributed by atoms with Crippen molar-refractivity contribution in [3.8, 4) is 0 Å². The fraction of sp³-hybridized carbons (Fsp3) is 0. The first-order valence-electron chi connectivity index (χ1n) is 5.80. The molecule has 0 saturated carbocycles. The van der Waals surface area contributed by atoms with Crippen molar-refractivity contribution in [1.82, 2.24) is 0 Å². The van der Waals surface area contributed by atoms with Crippen LogP contribution in [0.4, 0.5) is 0 Å². The van der Waals surface area contributed by atoms with E-state index in [2.05, 4.69) is 85.8 Å². The second-order valence-electron chi connectivity index (χ2n) is 3.21. The normalized spacial score (nSPS) is 6.00. The van der Waals surface area contributed by atoms with Crippen molar-refractivity contribution in [3.63, 3.8) is 0 Å². The summed E-state index contributed by atoms with van der Waals surface area (Å²) in [4.78, 5) is 0. The van der Waals surface area contributed by atoms with E-state index >= 15 is 0 Å². The molecule has 122 valence electrons. The summed E-state index contributed by atoms with van der Waals surface area (Å²) in [6, 6.07) is 20.8. The number of rotatable bonds is 2. The first-order chi connectivity index (χ1) is 12.4. The summed E-state index contributed by atoms with van der Waals surface area (Å²) in [5.74, 6) is 0. The van der Waals surface area contributed by atoms with Crippen LogP contribution in [-0.2, 0) is 42.6 Å². The summed E-state index contributed by atoms with van der Waals surface area (Å²) in [6.07, 6.45) is 0. The Morgan fingerprint density at radius 1 is 0.560 bits per heavy atom. The van der Waals surface area contributed by atoms with E-state index in [0.29, 0.717) is 0 Å². The van der Waals surface area contributed by atoms with Gasteiger partial charge in [0.1, 0.15) is 0 Å². The second-order valence-corrected chi connectivity index (χ2v) is 3.94. The van der Waals surface area contributed by atoms with Gasteiger partial charge in [0.2, 0.25) is 0 Å². The zero-order valence-corrected chi connectivity index (χ0v) is 15.7. The topological polar surface area (TPSA) is 99.5 Å². The van der Waals surface area contributed by atoms with Gasteiger partial charge in [0, 0.05) is 0 Å². The molecule has 25 heavy (non-hydrogen) atoms. The summed E-state index contributed by atoms with van der Waals surface area (Å²) >= 11 is 1.35. The molecule has 2 rings (SSSR count). The van der Waals surface area contributed by atoms with Crippen LogP contribution >= 0.6 is 0 Å². The third-order valence-electron chi connectivity index (χ3n) is 2.23. The number of benzene rings is 2. The molecule has 0 atom stereocenters. The fourth-order valence-electron chi connectivity index (χ4n) is 1.49. The van der Waals surface area contributed by atoms with E-state index in [1.165, 1.54) is 36.1 Å². The van der Waals surface area contributed by atoms with Crippen molar-refractivity contribution < 1.29 is 42.6 Å². The molecule has 0 unspecified atom stereocenters. The maximum absolute atomic E-state index is 7.50. The molecule has 0 aliphatic carbocycles. The van der Waals surface area contributed by atoms with Crippen LogP contribution < -0.4 is 0 Å². The van der Waals surface area contributed by atoms with Crippen LogP contribution in [0, 0.1) is 33.3 Å². The van der Waals surface area contributed by atoms with Gasteiger partial charge in [0.05, 0.1) is 0 Å². The Morgan fingerprint density at radius 2 is 0.800 bits per heavy atom. The standard InChI is InChI=1S/C14H10.5CO.W/c1-12(13-8-4-2-5-9-13)14-10-6-3-7-11-14;5*1-2;/h2-11H;;;;;;. The van der Waals surface area contributed by atoms with Gasteiger partial charge in [-0.3, -0.25) is 0 Å². The Bertz CT molecular complexity index is 615. The SMILES string of the molecule is [C-]#[O+].[C-]#[O+].[C-]#[O+].[C-]#[O+].[C-]#[O+].[W]=[C]=C(c1ccccc1)c1ccccc1. The van der Waals surface area contributed by atoms with Gasteiger partial charge in [-0.25, -0.2) is 0 Å². The number of hydrogen-bond donors (Lipinski definition) is 0. The summed E-state index contributed by atoms with van der Waals surface area (Å²) in [5.41, 5.74) is 3.67. The fourth-order valence-corrected chi connectivity index (χ4v) is 2.34. The molecule has 0 aliphatic rings. The van der Waals surface area contributed by atoms with Crippen LogP contribution in [0.25, 0.3) is 5.57 Å². The molecule has 0 aliphatic heterocycles. The zero-order chi connectivity index (χ0) is 20.5. The Hall–Kier alpha value is -2.52. The van der Waals surface area contributed by atoms with E-state index in [-0.39, 0.29) is 0 Å². The van der Waals surface area contributed by atoms with E-state index in [1.807, 2.05) is 12.1 Å². The molecule has 0 bridgehead atoms.